The van der Waals surface area contributed by atoms with Crippen LogP contribution in [0.2, 0.25) is 0 Å². The van der Waals surface area contributed by atoms with Gasteiger partial charge in [-0.05, 0) is 61.0 Å². The van der Waals surface area contributed by atoms with Gasteiger partial charge in [0.15, 0.2) is 11.5 Å². The minimum atomic E-state index is -0.562. The molecule has 31 heavy (non-hydrogen) atoms. The Kier molecular flexibility index (Phi) is 7.40. The number of hydrazone groups is 1. The first-order valence-corrected chi connectivity index (χ1v) is 10.1. The van der Waals surface area contributed by atoms with Gasteiger partial charge in [0.25, 0.3) is 5.91 Å². The Morgan fingerprint density at radius 2 is 1.84 bits per heavy atom. The Balaban J connectivity index is 1.72. The zero-order valence-electron chi connectivity index (χ0n) is 16.5. The Labute approximate surface area is 187 Å². The molecular weight excluding hydrogens is 464 g/mol. The van der Waals surface area contributed by atoms with Crippen molar-refractivity contribution >= 4 is 34.0 Å². The summed E-state index contributed by atoms with van der Waals surface area (Å²) in [6.07, 6.45) is 1.41. The fourth-order valence-corrected chi connectivity index (χ4v) is 2.97. The molecule has 2 N–H and O–H groups in total. The highest BCUT2D eigenvalue weighted by Crippen LogP contribution is 2.29. The molecule has 7 nitrogen and oxygen atoms in total. The van der Waals surface area contributed by atoms with Crippen LogP contribution in [0.3, 0.4) is 0 Å². The van der Waals surface area contributed by atoms with Crippen molar-refractivity contribution in [3.63, 3.8) is 0 Å². The smallest absolute Gasteiger partial charge is 0.343 e. The number of esters is 1. The van der Waals surface area contributed by atoms with Gasteiger partial charge in [-0.15, -0.1) is 0 Å². The summed E-state index contributed by atoms with van der Waals surface area (Å²) in [5.41, 5.74) is 3.48. The van der Waals surface area contributed by atoms with E-state index in [1.54, 1.807) is 48.5 Å². The lowest BCUT2D eigenvalue weighted by Crippen LogP contribution is -2.17. The molecular formula is C23H19BrN2O5. The Morgan fingerprint density at radius 1 is 1.06 bits per heavy atom. The van der Waals surface area contributed by atoms with Crippen LogP contribution in [0.15, 0.2) is 76.3 Å². The van der Waals surface area contributed by atoms with Crippen molar-refractivity contribution in [2.45, 2.75) is 6.92 Å². The van der Waals surface area contributed by atoms with Crippen LogP contribution in [0.4, 0.5) is 0 Å². The number of rotatable bonds is 7. The van der Waals surface area contributed by atoms with Crippen molar-refractivity contribution in [3.05, 3.63) is 87.9 Å². The summed E-state index contributed by atoms with van der Waals surface area (Å²) in [4.78, 5) is 24.5. The Morgan fingerprint density at radius 3 is 2.58 bits per heavy atom. The van der Waals surface area contributed by atoms with Crippen LogP contribution in [-0.2, 0) is 0 Å². The average molecular weight is 483 g/mol. The van der Waals surface area contributed by atoms with Crippen LogP contribution in [0.25, 0.3) is 0 Å². The summed E-state index contributed by atoms with van der Waals surface area (Å²) < 4.78 is 11.7. The van der Waals surface area contributed by atoms with Gasteiger partial charge in [-0.25, -0.2) is 10.2 Å². The first-order valence-electron chi connectivity index (χ1n) is 9.34. The molecule has 0 spiro atoms. The summed E-state index contributed by atoms with van der Waals surface area (Å²) in [5.74, 6) is -0.570. The molecule has 0 radical (unpaired) electrons. The number of carbonyl (C=O) groups excluding carboxylic acids is 2. The molecule has 1 amide bonds. The second-order valence-corrected chi connectivity index (χ2v) is 7.17. The molecule has 3 rings (SSSR count). The second kappa shape index (κ2) is 10.4. The van der Waals surface area contributed by atoms with Crippen LogP contribution in [0.1, 0.15) is 33.2 Å². The maximum Gasteiger partial charge on any atom is 0.343 e. The van der Waals surface area contributed by atoms with Gasteiger partial charge in [0, 0.05) is 4.47 Å². The van der Waals surface area contributed by atoms with E-state index in [1.165, 1.54) is 18.3 Å². The van der Waals surface area contributed by atoms with Crippen molar-refractivity contribution in [1.29, 1.82) is 0 Å². The van der Waals surface area contributed by atoms with E-state index in [4.69, 9.17) is 9.47 Å². The topological polar surface area (TPSA) is 97.2 Å². The third-order valence-electron chi connectivity index (χ3n) is 4.06. The quantitative estimate of drug-likeness (QED) is 0.223. The fraction of sp³-hybridized carbons (Fsp3) is 0.0870. The largest absolute Gasteiger partial charge is 0.507 e. The lowest BCUT2D eigenvalue weighted by Gasteiger charge is -2.11. The minimum absolute atomic E-state index is 0.0877. The first-order chi connectivity index (χ1) is 15.0. The van der Waals surface area contributed by atoms with Gasteiger partial charge in [0.05, 0.1) is 23.9 Å². The number of phenolic OH excluding ortho intramolecular Hbond substituents is 1. The van der Waals surface area contributed by atoms with Crippen molar-refractivity contribution in [2.75, 3.05) is 6.61 Å². The van der Waals surface area contributed by atoms with E-state index < -0.39 is 11.9 Å². The zero-order valence-corrected chi connectivity index (χ0v) is 18.1. The van der Waals surface area contributed by atoms with Gasteiger partial charge in [-0.1, -0.05) is 34.1 Å². The van der Waals surface area contributed by atoms with Gasteiger partial charge in [-0.3, -0.25) is 4.79 Å². The predicted molar refractivity (Wildman–Crippen MR) is 120 cm³/mol. The van der Waals surface area contributed by atoms with Gasteiger partial charge in [-0.2, -0.15) is 5.10 Å². The van der Waals surface area contributed by atoms with Crippen LogP contribution < -0.4 is 14.9 Å². The molecule has 0 fully saturated rings. The number of ether oxygens (including phenoxy) is 2. The molecule has 158 valence electrons. The Hall–Kier alpha value is -3.65. The molecule has 0 aromatic heterocycles. The van der Waals surface area contributed by atoms with Gasteiger partial charge < -0.3 is 14.6 Å². The number of carbonyl (C=O) groups is 2. The molecule has 0 unspecified atom stereocenters. The number of halogens is 1. The number of amides is 1. The summed E-state index contributed by atoms with van der Waals surface area (Å²) >= 11 is 3.25. The van der Waals surface area contributed by atoms with Gasteiger partial charge in [0.2, 0.25) is 0 Å². The highest BCUT2D eigenvalue weighted by atomic mass is 79.9. The number of hydrogen-bond acceptors (Lipinski definition) is 6. The number of benzene rings is 3. The lowest BCUT2D eigenvalue weighted by atomic mass is 10.2. The van der Waals surface area contributed by atoms with E-state index in [0.29, 0.717) is 28.0 Å². The van der Waals surface area contributed by atoms with Crippen molar-refractivity contribution in [3.8, 4) is 17.2 Å². The van der Waals surface area contributed by atoms with E-state index in [2.05, 4.69) is 26.5 Å². The number of aromatic hydroxyl groups is 1. The van der Waals surface area contributed by atoms with Crippen LogP contribution >= 0.6 is 15.9 Å². The number of nitrogens with one attached hydrogen (secondary N) is 1. The standard InChI is InChI=1S/C23H19BrN2O5/c1-2-30-21-12-15(8-11-20(21)31-23(29)16-6-4-3-5-7-16)14-25-26-22(28)18-13-17(24)9-10-19(18)27/h3-14,27H,2H2,1H3,(H,26,28). The number of phenols is 1. The molecule has 0 aliphatic rings. The third-order valence-corrected chi connectivity index (χ3v) is 4.56. The molecule has 3 aromatic carbocycles. The molecule has 0 heterocycles. The number of nitrogens with zero attached hydrogens (tertiary/aromatic N) is 1. The normalized spacial score (nSPS) is 10.6. The average Bonchev–Trinajstić information content (AvgIpc) is 2.77. The van der Waals surface area contributed by atoms with Crippen molar-refractivity contribution in [2.24, 2.45) is 5.10 Å². The highest BCUT2D eigenvalue weighted by Gasteiger charge is 2.13. The van der Waals surface area contributed by atoms with E-state index in [1.807, 2.05) is 13.0 Å². The maximum absolute atomic E-state index is 12.3. The molecule has 0 atom stereocenters. The molecule has 0 saturated carbocycles. The summed E-state index contributed by atoms with van der Waals surface area (Å²) in [6.45, 7) is 2.18. The van der Waals surface area contributed by atoms with Crippen molar-refractivity contribution in [1.82, 2.24) is 5.43 Å². The van der Waals surface area contributed by atoms with Crippen LogP contribution in [-0.4, -0.2) is 29.8 Å². The van der Waals surface area contributed by atoms with E-state index in [0.717, 1.165) is 0 Å². The number of hydrogen-bond donors (Lipinski definition) is 2. The third kappa shape index (κ3) is 5.93. The molecule has 0 bridgehead atoms. The summed E-state index contributed by atoms with van der Waals surface area (Å²) in [6, 6.07) is 18.1. The van der Waals surface area contributed by atoms with E-state index >= 15 is 0 Å². The van der Waals surface area contributed by atoms with Gasteiger partial charge in [0.1, 0.15) is 5.75 Å². The second-order valence-electron chi connectivity index (χ2n) is 6.26. The van der Waals surface area contributed by atoms with Crippen LogP contribution in [0, 0.1) is 0 Å². The van der Waals surface area contributed by atoms with Gasteiger partial charge >= 0.3 is 5.97 Å². The first kappa shape index (κ1) is 22.0. The van der Waals surface area contributed by atoms with E-state index in [-0.39, 0.29) is 17.1 Å². The molecule has 3 aromatic rings. The zero-order chi connectivity index (χ0) is 22.2. The summed E-state index contributed by atoms with van der Waals surface area (Å²) in [5, 5.41) is 13.7. The monoisotopic (exact) mass is 482 g/mol. The molecule has 8 heteroatoms. The molecule has 0 saturated heterocycles. The minimum Gasteiger partial charge on any atom is -0.507 e. The molecule has 0 aliphatic carbocycles. The predicted octanol–water partition coefficient (Wildman–Crippen LogP) is 4.54. The Bertz CT molecular complexity index is 1120. The maximum atomic E-state index is 12.3. The van der Waals surface area contributed by atoms with E-state index in [9.17, 15) is 14.7 Å². The lowest BCUT2D eigenvalue weighted by molar-refractivity contribution is 0.0728. The van der Waals surface area contributed by atoms with Crippen LogP contribution in [0.5, 0.6) is 17.2 Å². The SMILES string of the molecule is CCOc1cc(C=NNC(=O)c2cc(Br)ccc2O)ccc1OC(=O)c1ccccc1. The van der Waals surface area contributed by atoms with Crippen molar-refractivity contribution < 1.29 is 24.2 Å². The molecule has 0 aliphatic heterocycles. The summed E-state index contributed by atoms with van der Waals surface area (Å²) in [7, 11) is 0. The highest BCUT2D eigenvalue weighted by molar-refractivity contribution is 9.10. The fourth-order valence-electron chi connectivity index (χ4n) is 2.61.